The van der Waals surface area contributed by atoms with E-state index in [-0.39, 0.29) is 0 Å². The minimum atomic E-state index is 0.343. The summed E-state index contributed by atoms with van der Waals surface area (Å²) >= 11 is 5.79. The maximum absolute atomic E-state index is 5.79. The molecule has 0 spiro atoms. The molecule has 1 aromatic heterocycles. The summed E-state index contributed by atoms with van der Waals surface area (Å²) in [5, 5.41) is 0. The smallest absolute Gasteiger partial charge is 0.128 e. The lowest BCUT2D eigenvalue weighted by molar-refractivity contribution is 0.0215. The fourth-order valence-corrected chi connectivity index (χ4v) is 2.25. The van der Waals surface area contributed by atoms with Gasteiger partial charge in [0.1, 0.15) is 5.82 Å². The molecule has 0 radical (unpaired) electrons. The van der Waals surface area contributed by atoms with Gasteiger partial charge in [-0.15, -0.1) is 11.6 Å². The molecule has 17 heavy (non-hydrogen) atoms. The van der Waals surface area contributed by atoms with Crippen molar-refractivity contribution in [3.63, 3.8) is 0 Å². The zero-order valence-electron chi connectivity index (χ0n) is 10.2. The fraction of sp³-hybridized carbons (Fsp3) is 0.615. The van der Waals surface area contributed by atoms with Gasteiger partial charge >= 0.3 is 0 Å². The highest BCUT2D eigenvalue weighted by Gasteiger charge is 2.16. The van der Waals surface area contributed by atoms with Gasteiger partial charge in [-0.2, -0.15) is 0 Å². The first-order valence-electron chi connectivity index (χ1n) is 6.14. The Labute approximate surface area is 108 Å². The second-order valence-corrected chi connectivity index (χ2v) is 4.76. The lowest BCUT2D eigenvalue weighted by Gasteiger charge is -2.28. The third-order valence-electron chi connectivity index (χ3n) is 3.07. The third kappa shape index (κ3) is 3.58. The summed E-state index contributed by atoms with van der Waals surface area (Å²) in [7, 11) is 2.05. The number of likely N-dealkylation sites (N-methyl/N-ethyl adjacent to an activating group) is 1. The first-order chi connectivity index (χ1) is 8.29. The van der Waals surface area contributed by atoms with Gasteiger partial charge in [0.05, 0.1) is 17.7 Å². The zero-order valence-corrected chi connectivity index (χ0v) is 11.0. The molecule has 3 nitrogen and oxygen atoms in total. The lowest BCUT2D eigenvalue weighted by atomic mass is 10.1. The van der Waals surface area contributed by atoms with Gasteiger partial charge in [-0.1, -0.05) is 6.07 Å². The second-order valence-electron chi connectivity index (χ2n) is 4.49. The Bertz CT molecular complexity index is 353. The summed E-state index contributed by atoms with van der Waals surface area (Å²) in [4.78, 5) is 6.64. The van der Waals surface area contributed by atoms with Crippen LogP contribution in [-0.4, -0.2) is 31.3 Å². The minimum absolute atomic E-state index is 0.343. The van der Waals surface area contributed by atoms with Gasteiger partial charge in [-0.3, -0.25) is 0 Å². The number of alkyl halides is 1. The first kappa shape index (κ1) is 12.7. The van der Waals surface area contributed by atoms with Crippen molar-refractivity contribution >= 4 is 17.4 Å². The molecule has 2 heterocycles. The minimum Gasteiger partial charge on any atom is -0.376 e. The molecule has 1 unspecified atom stereocenters. The van der Waals surface area contributed by atoms with E-state index in [2.05, 4.69) is 16.9 Å². The average Bonchev–Trinajstić information content (AvgIpc) is 2.40. The van der Waals surface area contributed by atoms with Crippen LogP contribution < -0.4 is 4.90 Å². The first-order valence-corrected chi connectivity index (χ1v) is 6.67. The Morgan fingerprint density at radius 2 is 2.35 bits per heavy atom. The number of aromatic nitrogens is 1. The van der Waals surface area contributed by atoms with E-state index < -0.39 is 0 Å². The normalized spacial score (nSPS) is 20.2. The molecule has 0 amide bonds. The molecule has 0 N–H and O–H groups in total. The number of ether oxygens (including phenoxy) is 1. The van der Waals surface area contributed by atoms with E-state index >= 15 is 0 Å². The summed E-state index contributed by atoms with van der Waals surface area (Å²) in [6.07, 6.45) is 3.96. The van der Waals surface area contributed by atoms with E-state index in [0.29, 0.717) is 12.0 Å². The Kier molecular flexibility index (Phi) is 4.63. The molecule has 0 saturated carbocycles. The fourth-order valence-electron chi connectivity index (χ4n) is 2.10. The summed E-state index contributed by atoms with van der Waals surface area (Å²) in [5.74, 6) is 1.43. The van der Waals surface area contributed by atoms with Crippen molar-refractivity contribution in [2.45, 2.75) is 31.2 Å². The maximum atomic E-state index is 5.79. The van der Waals surface area contributed by atoms with E-state index in [4.69, 9.17) is 16.3 Å². The van der Waals surface area contributed by atoms with Crippen molar-refractivity contribution in [3.05, 3.63) is 23.9 Å². The van der Waals surface area contributed by atoms with Crippen molar-refractivity contribution in [1.29, 1.82) is 0 Å². The molecule has 0 aliphatic carbocycles. The SMILES string of the molecule is CN(CC1CCCCO1)c1cccc(CCl)n1. The topological polar surface area (TPSA) is 25.4 Å². The quantitative estimate of drug-likeness (QED) is 0.773. The van der Waals surface area contributed by atoms with Crippen LogP contribution in [0.25, 0.3) is 0 Å². The van der Waals surface area contributed by atoms with E-state index in [1.807, 2.05) is 18.2 Å². The van der Waals surface area contributed by atoms with Crippen molar-refractivity contribution in [2.75, 3.05) is 25.1 Å². The largest absolute Gasteiger partial charge is 0.376 e. The van der Waals surface area contributed by atoms with Gasteiger partial charge in [0.15, 0.2) is 0 Å². The number of rotatable bonds is 4. The molecule has 94 valence electrons. The van der Waals surface area contributed by atoms with Gasteiger partial charge < -0.3 is 9.64 Å². The standard InChI is InChI=1S/C13H19ClN2O/c1-16(10-12-6-2-3-8-17-12)13-7-4-5-11(9-14)15-13/h4-5,7,12H,2-3,6,8-10H2,1H3. The summed E-state index contributed by atoms with van der Waals surface area (Å²) in [6.45, 7) is 1.80. The summed E-state index contributed by atoms with van der Waals surface area (Å²) in [6, 6.07) is 5.96. The molecule has 0 bridgehead atoms. The Balaban J connectivity index is 1.95. The van der Waals surface area contributed by atoms with Gasteiger partial charge in [-0.25, -0.2) is 4.98 Å². The molecule has 1 aliphatic rings. The van der Waals surface area contributed by atoms with Gasteiger partial charge in [0.2, 0.25) is 0 Å². The zero-order chi connectivity index (χ0) is 12.1. The molecule has 1 aliphatic heterocycles. The molecule has 0 aromatic carbocycles. The number of anilines is 1. The van der Waals surface area contributed by atoms with E-state index in [1.54, 1.807) is 0 Å². The Morgan fingerprint density at radius 3 is 3.06 bits per heavy atom. The van der Waals surface area contributed by atoms with E-state index in [0.717, 1.165) is 31.1 Å². The predicted molar refractivity (Wildman–Crippen MR) is 70.7 cm³/mol. The Hall–Kier alpha value is -0.800. The van der Waals surface area contributed by atoms with Crippen LogP contribution in [0.4, 0.5) is 5.82 Å². The van der Waals surface area contributed by atoms with Crippen LogP contribution >= 0.6 is 11.6 Å². The van der Waals surface area contributed by atoms with Crippen LogP contribution in [0.1, 0.15) is 25.0 Å². The van der Waals surface area contributed by atoms with Crippen LogP contribution in [0.5, 0.6) is 0 Å². The van der Waals surface area contributed by atoms with Crippen molar-refractivity contribution in [2.24, 2.45) is 0 Å². The van der Waals surface area contributed by atoms with Crippen LogP contribution in [0.2, 0.25) is 0 Å². The third-order valence-corrected chi connectivity index (χ3v) is 3.35. The molecular formula is C13H19ClN2O. The van der Waals surface area contributed by atoms with Crippen LogP contribution in [-0.2, 0) is 10.6 Å². The average molecular weight is 255 g/mol. The molecule has 2 rings (SSSR count). The second kappa shape index (κ2) is 6.22. The van der Waals surface area contributed by atoms with Crippen molar-refractivity contribution < 1.29 is 4.74 Å². The molecule has 1 aromatic rings. The number of halogens is 1. The van der Waals surface area contributed by atoms with Crippen LogP contribution in [0.3, 0.4) is 0 Å². The molecule has 1 saturated heterocycles. The van der Waals surface area contributed by atoms with E-state index in [9.17, 15) is 0 Å². The lowest BCUT2D eigenvalue weighted by Crippen LogP contribution is -2.33. The van der Waals surface area contributed by atoms with Crippen LogP contribution in [0, 0.1) is 0 Å². The summed E-state index contributed by atoms with van der Waals surface area (Å²) in [5.41, 5.74) is 0.917. The highest BCUT2D eigenvalue weighted by Crippen LogP contribution is 2.17. The monoisotopic (exact) mass is 254 g/mol. The van der Waals surface area contributed by atoms with E-state index in [1.165, 1.54) is 12.8 Å². The Morgan fingerprint density at radius 1 is 1.47 bits per heavy atom. The number of hydrogen-bond acceptors (Lipinski definition) is 3. The number of nitrogens with zero attached hydrogens (tertiary/aromatic N) is 2. The van der Waals surface area contributed by atoms with Crippen LogP contribution in [0.15, 0.2) is 18.2 Å². The number of pyridine rings is 1. The van der Waals surface area contributed by atoms with Crippen molar-refractivity contribution in [1.82, 2.24) is 4.98 Å². The predicted octanol–water partition coefficient (Wildman–Crippen LogP) is 2.83. The maximum Gasteiger partial charge on any atom is 0.128 e. The molecular weight excluding hydrogens is 236 g/mol. The van der Waals surface area contributed by atoms with Gasteiger partial charge in [0.25, 0.3) is 0 Å². The molecule has 1 atom stereocenters. The van der Waals surface area contributed by atoms with Crippen molar-refractivity contribution in [3.8, 4) is 0 Å². The van der Waals surface area contributed by atoms with Gasteiger partial charge in [-0.05, 0) is 31.4 Å². The highest BCUT2D eigenvalue weighted by atomic mass is 35.5. The summed E-state index contributed by atoms with van der Waals surface area (Å²) < 4.78 is 5.73. The number of hydrogen-bond donors (Lipinski definition) is 0. The molecule has 4 heteroatoms. The molecule has 1 fully saturated rings. The highest BCUT2D eigenvalue weighted by molar-refractivity contribution is 6.16. The van der Waals surface area contributed by atoms with Gasteiger partial charge in [0, 0.05) is 20.2 Å².